The normalized spacial score (nSPS) is 40.7. The summed E-state index contributed by atoms with van der Waals surface area (Å²) in [6, 6.07) is 0.611. The average Bonchev–Trinajstić information content (AvgIpc) is 2.43. The van der Waals surface area contributed by atoms with Crippen molar-refractivity contribution in [3.8, 4) is 0 Å². The first-order chi connectivity index (χ1) is 4.36. The van der Waals surface area contributed by atoms with Gasteiger partial charge < -0.3 is 5.73 Å². The molecule has 1 aliphatic heterocycles. The van der Waals surface area contributed by atoms with Gasteiger partial charge in [0, 0.05) is 5.75 Å². The van der Waals surface area contributed by atoms with E-state index in [4.69, 9.17) is 5.73 Å². The third kappa shape index (κ3) is 1.06. The van der Waals surface area contributed by atoms with Gasteiger partial charge >= 0.3 is 0 Å². The molecule has 2 atom stereocenters. The van der Waals surface area contributed by atoms with Crippen molar-refractivity contribution in [2.45, 2.75) is 18.9 Å². The summed E-state index contributed by atoms with van der Waals surface area (Å²) in [5, 5.41) is 0.806. The van der Waals surface area contributed by atoms with Crippen LogP contribution in [0.15, 0.2) is 4.99 Å². The van der Waals surface area contributed by atoms with E-state index in [0.29, 0.717) is 6.04 Å². The molecular weight excluding hydrogens is 132 g/mol. The average molecular weight is 142 g/mol. The molecule has 0 amide bonds. The summed E-state index contributed by atoms with van der Waals surface area (Å²) >= 11 is 1.70. The SMILES string of the molecule is NC1=N[C@H]2C[C@H]2CCS1. The van der Waals surface area contributed by atoms with Gasteiger partial charge in [-0.15, -0.1) is 0 Å². The first-order valence-electron chi connectivity index (χ1n) is 3.32. The Kier molecular flexibility index (Phi) is 1.18. The minimum Gasteiger partial charge on any atom is -0.379 e. The minimum atomic E-state index is 0.611. The second kappa shape index (κ2) is 1.90. The molecule has 0 unspecified atom stereocenters. The Morgan fingerprint density at radius 1 is 1.67 bits per heavy atom. The molecule has 50 valence electrons. The van der Waals surface area contributed by atoms with Gasteiger partial charge in [-0.25, -0.2) is 0 Å². The summed E-state index contributed by atoms with van der Waals surface area (Å²) in [5.41, 5.74) is 5.56. The van der Waals surface area contributed by atoms with Crippen LogP contribution in [0, 0.1) is 5.92 Å². The summed E-state index contributed by atoms with van der Waals surface area (Å²) in [6.45, 7) is 0. The van der Waals surface area contributed by atoms with E-state index in [1.807, 2.05) is 0 Å². The van der Waals surface area contributed by atoms with Gasteiger partial charge in [0.25, 0.3) is 0 Å². The Bertz CT molecular complexity index is 155. The minimum absolute atomic E-state index is 0.611. The number of hydrogen-bond donors (Lipinski definition) is 1. The molecule has 3 heteroatoms. The lowest BCUT2D eigenvalue weighted by Crippen LogP contribution is -2.06. The lowest BCUT2D eigenvalue weighted by atomic mass is 10.3. The molecule has 0 radical (unpaired) electrons. The number of thioether (sulfide) groups is 1. The maximum Gasteiger partial charge on any atom is 0.154 e. The topological polar surface area (TPSA) is 38.4 Å². The first-order valence-corrected chi connectivity index (χ1v) is 4.31. The third-order valence-corrected chi connectivity index (χ3v) is 2.76. The molecule has 2 rings (SSSR count). The second-order valence-corrected chi connectivity index (χ2v) is 3.78. The van der Waals surface area contributed by atoms with Gasteiger partial charge in [-0.3, -0.25) is 4.99 Å². The van der Waals surface area contributed by atoms with Gasteiger partial charge in [-0.05, 0) is 18.8 Å². The molecule has 1 fully saturated rings. The van der Waals surface area contributed by atoms with Gasteiger partial charge in [-0.2, -0.15) is 0 Å². The van der Waals surface area contributed by atoms with E-state index in [-0.39, 0.29) is 0 Å². The summed E-state index contributed by atoms with van der Waals surface area (Å²) in [4.78, 5) is 4.31. The fraction of sp³-hybridized carbons (Fsp3) is 0.833. The smallest absolute Gasteiger partial charge is 0.154 e. The fourth-order valence-electron chi connectivity index (χ4n) is 1.22. The molecule has 0 bridgehead atoms. The van der Waals surface area contributed by atoms with Crippen molar-refractivity contribution in [2.75, 3.05) is 5.75 Å². The Labute approximate surface area is 58.9 Å². The van der Waals surface area contributed by atoms with Crippen molar-refractivity contribution in [3.63, 3.8) is 0 Å². The lowest BCUT2D eigenvalue weighted by molar-refractivity contribution is 0.773. The van der Waals surface area contributed by atoms with Crippen LogP contribution in [0.5, 0.6) is 0 Å². The van der Waals surface area contributed by atoms with E-state index in [9.17, 15) is 0 Å². The fourth-order valence-corrected chi connectivity index (χ4v) is 2.06. The highest BCUT2D eigenvalue weighted by molar-refractivity contribution is 8.13. The van der Waals surface area contributed by atoms with Crippen molar-refractivity contribution in [1.82, 2.24) is 0 Å². The van der Waals surface area contributed by atoms with Crippen LogP contribution >= 0.6 is 11.8 Å². The highest BCUT2D eigenvalue weighted by atomic mass is 32.2. The molecule has 1 saturated carbocycles. The number of nitrogens with two attached hydrogens (primary N) is 1. The monoisotopic (exact) mass is 142 g/mol. The van der Waals surface area contributed by atoms with E-state index in [2.05, 4.69) is 4.99 Å². The summed E-state index contributed by atoms with van der Waals surface area (Å²) < 4.78 is 0. The summed E-state index contributed by atoms with van der Waals surface area (Å²) in [5.74, 6) is 2.06. The molecule has 2 aliphatic rings. The number of nitrogens with zero attached hydrogens (tertiary/aromatic N) is 1. The number of aliphatic imine (C=N–C) groups is 1. The molecule has 0 saturated heterocycles. The van der Waals surface area contributed by atoms with Crippen LogP contribution in [0.1, 0.15) is 12.8 Å². The van der Waals surface area contributed by atoms with Crippen LogP contribution in [0.2, 0.25) is 0 Å². The zero-order valence-electron chi connectivity index (χ0n) is 5.21. The van der Waals surface area contributed by atoms with Gasteiger partial charge in [0.15, 0.2) is 5.17 Å². The second-order valence-electron chi connectivity index (χ2n) is 2.67. The zero-order chi connectivity index (χ0) is 6.27. The van der Waals surface area contributed by atoms with Crippen molar-refractivity contribution < 1.29 is 0 Å². The number of rotatable bonds is 0. The van der Waals surface area contributed by atoms with Gasteiger partial charge in [0.05, 0.1) is 6.04 Å². The van der Waals surface area contributed by atoms with E-state index < -0.39 is 0 Å². The van der Waals surface area contributed by atoms with E-state index >= 15 is 0 Å². The van der Waals surface area contributed by atoms with Crippen LogP contribution < -0.4 is 5.73 Å². The Hall–Kier alpha value is -0.180. The quantitative estimate of drug-likeness (QED) is 0.544. The van der Waals surface area contributed by atoms with Crippen LogP contribution in [0.25, 0.3) is 0 Å². The molecule has 2 nitrogen and oxygen atoms in total. The summed E-state index contributed by atoms with van der Waals surface area (Å²) in [7, 11) is 0. The molecule has 1 heterocycles. The summed E-state index contributed by atoms with van der Waals surface area (Å²) in [6.07, 6.45) is 2.61. The number of hydrogen-bond acceptors (Lipinski definition) is 3. The number of amidine groups is 1. The molecule has 9 heavy (non-hydrogen) atoms. The Balaban J connectivity index is 2.08. The molecule has 0 spiro atoms. The van der Waals surface area contributed by atoms with Crippen molar-refractivity contribution in [1.29, 1.82) is 0 Å². The molecule has 1 aliphatic carbocycles. The molecule has 2 N–H and O–H groups in total. The maximum atomic E-state index is 5.56. The van der Waals surface area contributed by atoms with E-state index in [1.54, 1.807) is 11.8 Å². The third-order valence-electron chi connectivity index (χ3n) is 1.92. The molecule has 0 aromatic carbocycles. The Morgan fingerprint density at radius 3 is 3.44 bits per heavy atom. The van der Waals surface area contributed by atoms with Crippen molar-refractivity contribution in [2.24, 2.45) is 16.6 Å². The van der Waals surface area contributed by atoms with E-state index in [0.717, 1.165) is 11.1 Å². The van der Waals surface area contributed by atoms with Crippen LogP contribution in [-0.4, -0.2) is 17.0 Å². The Morgan fingerprint density at radius 2 is 2.56 bits per heavy atom. The molecule has 0 aromatic heterocycles. The highest BCUT2D eigenvalue weighted by Crippen LogP contribution is 2.39. The number of fused-ring (bicyclic) bond motifs is 1. The molecule has 0 aromatic rings. The van der Waals surface area contributed by atoms with Crippen LogP contribution in [0.3, 0.4) is 0 Å². The largest absolute Gasteiger partial charge is 0.379 e. The predicted molar refractivity (Wildman–Crippen MR) is 40.6 cm³/mol. The van der Waals surface area contributed by atoms with E-state index in [1.165, 1.54) is 18.6 Å². The van der Waals surface area contributed by atoms with Gasteiger partial charge in [-0.1, -0.05) is 11.8 Å². The maximum absolute atomic E-state index is 5.56. The molecular formula is C6H10N2S. The van der Waals surface area contributed by atoms with Gasteiger partial charge in [0.2, 0.25) is 0 Å². The highest BCUT2D eigenvalue weighted by Gasteiger charge is 2.37. The van der Waals surface area contributed by atoms with Crippen molar-refractivity contribution in [3.05, 3.63) is 0 Å². The van der Waals surface area contributed by atoms with Crippen LogP contribution in [0.4, 0.5) is 0 Å². The van der Waals surface area contributed by atoms with Crippen LogP contribution in [-0.2, 0) is 0 Å². The van der Waals surface area contributed by atoms with Crippen molar-refractivity contribution >= 4 is 16.9 Å². The standard InChI is InChI=1S/C6H10N2S/c7-6-8-5-3-4(5)1-2-9-6/h4-5H,1-3H2,(H2,7,8)/t4-,5+/m1/s1. The zero-order valence-corrected chi connectivity index (χ0v) is 6.03. The predicted octanol–water partition coefficient (Wildman–Crippen LogP) is 0.826. The van der Waals surface area contributed by atoms with Gasteiger partial charge in [0.1, 0.15) is 0 Å². The lowest BCUT2D eigenvalue weighted by Gasteiger charge is -1.93. The first kappa shape index (κ1) is 5.59.